The number of anilines is 2. The molecule has 1 N–H and O–H groups in total. The Kier molecular flexibility index (Phi) is 8.44. The van der Waals surface area contributed by atoms with Gasteiger partial charge >= 0.3 is 0 Å². The molecule has 188 valence electrons. The van der Waals surface area contributed by atoms with Gasteiger partial charge in [0, 0.05) is 70.3 Å². The van der Waals surface area contributed by atoms with E-state index in [0.717, 1.165) is 49.4 Å². The average Bonchev–Trinajstić information content (AvgIpc) is 2.88. The molecule has 0 atom stereocenters. The quantitative estimate of drug-likeness (QED) is 0.483. The fraction of sp³-hybridized carbons (Fsp3) is 0.323. The second-order valence-electron chi connectivity index (χ2n) is 9.85. The summed E-state index contributed by atoms with van der Waals surface area (Å²) in [4.78, 5) is 19.7. The summed E-state index contributed by atoms with van der Waals surface area (Å²) in [6, 6.07) is 23.1. The molecule has 0 radical (unpaired) electrons. The van der Waals surface area contributed by atoms with E-state index in [1.54, 1.807) is 0 Å². The Bertz CT molecular complexity index is 1190. The predicted molar refractivity (Wildman–Crippen MR) is 152 cm³/mol. The number of nitrogens with one attached hydrogen (secondary N) is 1. The molecule has 0 saturated carbocycles. The largest absolute Gasteiger partial charge is 0.378 e. The molecular weight excluding hydrogens is 444 g/mol. The molecule has 0 aliphatic carbocycles. The zero-order valence-corrected chi connectivity index (χ0v) is 22.0. The van der Waals surface area contributed by atoms with Gasteiger partial charge in [-0.2, -0.15) is 0 Å². The summed E-state index contributed by atoms with van der Waals surface area (Å²) in [5.74, 6) is -0.0202. The second kappa shape index (κ2) is 11.9. The van der Waals surface area contributed by atoms with Gasteiger partial charge in [-0.15, -0.1) is 0 Å². The molecule has 0 spiro atoms. The molecule has 1 heterocycles. The molecule has 1 saturated heterocycles. The van der Waals surface area contributed by atoms with Crippen LogP contribution < -0.4 is 15.1 Å². The molecule has 0 unspecified atom stereocenters. The van der Waals surface area contributed by atoms with Gasteiger partial charge in [-0.1, -0.05) is 54.1 Å². The maximum absolute atomic E-state index is 12.7. The minimum Gasteiger partial charge on any atom is -0.378 e. The Labute approximate surface area is 216 Å². The van der Waals surface area contributed by atoms with Crippen LogP contribution in [0.3, 0.4) is 0 Å². The van der Waals surface area contributed by atoms with Gasteiger partial charge in [0.2, 0.25) is 0 Å². The standard InChI is InChI=1S/C31H38N4O/c1-24-10-15-30(25(2)21-24)31(36)32-23-27-7-5-9-29(22-27)35-19-17-34(18-20-35)16-6-8-26-11-13-28(14-12-26)33(3)4/h5-15,21-22H,16-20,23H2,1-4H3,(H,32,36). The first kappa shape index (κ1) is 25.5. The number of benzene rings is 3. The van der Waals surface area contributed by atoms with Gasteiger partial charge in [0.1, 0.15) is 0 Å². The van der Waals surface area contributed by atoms with Gasteiger partial charge in [-0.3, -0.25) is 9.69 Å². The number of piperazine rings is 1. The maximum Gasteiger partial charge on any atom is 0.251 e. The summed E-state index contributed by atoms with van der Waals surface area (Å²) in [6.45, 7) is 9.61. The highest BCUT2D eigenvalue weighted by molar-refractivity contribution is 5.95. The average molecular weight is 483 g/mol. The van der Waals surface area contributed by atoms with Crippen LogP contribution >= 0.6 is 0 Å². The van der Waals surface area contributed by atoms with Crippen molar-refractivity contribution in [2.75, 3.05) is 56.6 Å². The molecule has 0 bridgehead atoms. The number of rotatable bonds is 8. The fourth-order valence-electron chi connectivity index (χ4n) is 4.62. The number of aryl methyl sites for hydroxylation is 2. The van der Waals surface area contributed by atoms with E-state index in [4.69, 9.17) is 0 Å². The van der Waals surface area contributed by atoms with Gasteiger partial charge in [-0.05, 0) is 60.9 Å². The molecule has 4 rings (SSSR count). The van der Waals surface area contributed by atoms with E-state index in [1.807, 2.05) is 32.0 Å². The smallest absolute Gasteiger partial charge is 0.251 e. The maximum atomic E-state index is 12.7. The number of carbonyl (C=O) groups is 1. The van der Waals surface area contributed by atoms with Crippen molar-refractivity contribution < 1.29 is 4.79 Å². The molecule has 1 aliphatic rings. The van der Waals surface area contributed by atoms with E-state index < -0.39 is 0 Å². The molecule has 5 nitrogen and oxygen atoms in total. The highest BCUT2D eigenvalue weighted by atomic mass is 16.1. The molecule has 36 heavy (non-hydrogen) atoms. The zero-order chi connectivity index (χ0) is 25.5. The van der Waals surface area contributed by atoms with E-state index in [9.17, 15) is 4.79 Å². The van der Waals surface area contributed by atoms with Crippen LogP contribution in [0.2, 0.25) is 0 Å². The summed E-state index contributed by atoms with van der Waals surface area (Å²) in [6.07, 6.45) is 4.47. The highest BCUT2D eigenvalue weighted by Crippen LogP contribution is 2.19. The lowest BCUT2D eigenvalue weighted by atomic mass is 10.1. The number of amides is 1. The molecule has 1 amide bonds. The molecular formula is C31H38N4O. The monoisotopic (exact) mass is 482 g/mol. The SMILES string of the molecule is Cc1ccc(C(=O)NCc2cccc(N3CCN(CC=Cc4ccc(N(C)C)cc4)CC3)c2)c(C)c1. The molecule has 3 aromatic carbocycles. The van der Waals surface area contributed by atoms with E-state index >= 15 is 0 Å². The lowest BCUT2D eigenvalue weighted by Crippen LogP contribution is -2.46. The molecule has 5 heteroatoms. The molecule has 3 aromatic rings. The van der Waals surface area contributed by atoms with Crippen molar-refractivity contribution in [3.63, 3.8) is 0 Å². The van der Waals surface area contributed by atoms with Gasteiger partial charge < -0.3 is 15.1 Å². The predicted octanol–water partition coefficient (Wildman–Crippen LogP) is 5.13. The Morgan fingerprint density at radius 1 is 0.944 bits per heavy atom. The highest BCUT2D eigenvalue weighted by Gasteiger charge is 2.16. The van der Waals surface area contributed by atoms with Crippen LogP contribution in [0.4, 0.5) is 11.4 Å². The van der Waals surface area contributed by atoms with E-state index in [-0.39, 0.29) is 5.91 Å². The molecule has 1 aliphatic heterocycles. The fourth-order valence-corrected chi connectivity index (χ4v) is 4.62. The Hall–Kier alpha value is -3.57. The first-order chi connectivity index (χ1) is 17.4. The van der Waals surface area contributed by atoms with E-state index in [2.05, 4.69) is 94.8 Å². The van der Waals surface area contributed by atoms with Crippen molar-refractivity contribution in [1.82, 2.24) is 10.2 Å². The lowest BCUT2D eigenvalue weighted by molar-refractivity contribution is 0.0950. The van der Waals surface area contributed by atoms with Crippen LogP contribution in [-0.4, -0.2) is 57.6 Å². The minimum absolute atomic E-state index is 0.0202. The van der Waals surface area contributed by atoms with Crippen molar-refractivity contribution in [3.8, 4) is 0 Å². The van der Waals surface area contributed by atoms with Crippen molar-refractivity contribution in [2.24, 2.45) is 0 Å². The zero-order valence-electron chi connectivity index (χ0n) is 22.0. The van der Waals surface area contributed by atoms with Crippen LogP contribution in [0, 0.1) is 13.8 Å². The Morgan fingerprint density at radius 3 is 2.39 bits per heavy atom. The summed E-state index contributed by atoms with van der Waals surface area (Å²) in [5, 5.41) is 3.08. The molecule has 1 fully saturated rings. The van der Waals surface area contributed by atoms with Crippen molar-refractivity contribution >= 4 is 23.4 Å². The topological polar surface area (TPSA) is 38.8 Å². The number of nitrogens with zero attached hydrogens (tertiary/aromatic N) is 3. The van der Waals surface area contributed by atoms with E-state index in [0.29, 0.717) is 6.54 Å². The summed E-state index contributed by atoms with van der Waals surface area (Å²) >= 11 is 0. The van der Waals surface area contributed by atoms with Crippen LogP contribution in [0.5, 0.6) is 0 Å². The van der Waals surface area contributed by atoms with Gasteiger partial charge in [0.25, 0.3) is 5.91 Å². The third kappa shape index (κ3) is 6.76. The second-order valence-corrected chi connectivity index (χ2v) is 9.85. The van der Waals surface area contributed by atoms with Gasteiger partial charge in [0.05, 0.1) is 0 Å². The molecule has 0 aromatic heterocycles. The number of hydrogen-bond acceptors (Lipinski definition) is 4. The van der Waals surface area contributed by atoms with Crippen LogP contribution in [-0.2, 0) is 6.54 Å². The van der Waals surface area contributed by atoms with Gasteiger partial charge in [0.15, 0.2) is 0 Å². The Morgan fingerprint density at radius 2 is 1.69 bits per heavy atom. The summed E-state index contributed by atoms with van der Waals surface area (Å²) in [7, 11) is 4.12. The van der Waals surface area contributed by atoms with Gasteiger partial charge in [-0.25, -0.2) is 0 Å². The van der Waals surface area contributed by atoms with Crippen molar-refractivity contribution in [3.05, 3.63) is 101 Å². The third-order valence-corrected chi connectivity index (χ3v) is 6.81. The van der Waals surface area contributed by atoms with Crippen molar-refractivity contribution in [2.45, 2.75) is 20.4 Å². The first-order valence-electron chi connectivity index (χ1n) is 12.7. The number of hydrogen-bond donors (Lipinski definition) is 1. The third-order valence-electron chi connectivity index (χ3n) is 6.81. The summed E-state index contributed by atoms with van der Waals surface area (Å²) in [5.41, 5.74) is 7.73. The van der Waals surface area contributed by atoms with Crippen LogP contribution in [0.25, 0.3) is 6.08 Å². The summed E-state index contributed by atoms with van der Waals surface area (Å²) < 4.78 is 0. The van der Waals surface area contributed by atoms with Crippen LogP contribution in [0.15, 0.2) is 72.8 Å². The van der Waals surface area contributed by atoms with Crippen LogP contribution in [0.1, 0.15) is 32.6 Å². The first-order valence-corrected chi connectivity index (χ1v) is 12.7. The lowest BCUT2D eigenvalue weighted by Gasteiger charge is -2.35. The minimum atomic E-state index is -0.0202. The van der Waals surface area contributed by atoms with E-state index in [1.165, 1.54) is 22.5 Å². The van der Waals surface area contributed by atoms with Crippen molar-refractivity contribution in [1.29, 1.82) is 0 Å². The number of carbonyl (C=O) groups excluding carboxylic acids is 1. The normalized spacial score (nSPS) is 14.3. The Balaban J connectivity index is 1.25.